The van der Waals surface area contributed by atoms with Gasteiger partial charge in [0, 0.05) is 25.7 Å². The van der Waals surface area contributed by atoms with Crippen LogP contribution in [-0.4, -0.2) is 96.7 Å². The third kappa shape index (κ3) is 60.1. The maximum Gasteiger partial charge on any atom is 0.472 e. The molecule has 0 saturated heterocycles. The van der Waals surface area contributed by atoms with Crippen molar-refractivity contribution in [2.24, 2.45) is 17.8 Å². The van der Waals surface area contributed by atoms with Crippen LogP contribution in [0.3, 0.4) is 0 Å². The van der Waals surface area contributed by atoms with Crippen molar-refractivity contribution < 1.29 is 80.2 Å². The quantitative estimate of drug-likeness (QED) is 0.0222. The molecule has 0 saturated carbocycles. The number of hydrogen-bond acceptors (Lipinski definition) is 15. The number of carbonyl (C=O) groups is 4. The largest absolute Gasteiger partial charge is 0.472 e. The highest BCUT2D eigenvalue weighted by Crippen LogP contribution is 2.45. The van der Waals surface area contributed by atoms with Crippen LogP contribution in [0.25, 0.3) is 0 Å². The van der Waals surface area contributed by atoms with Crippen LogP contribution in [0.4, 0.5) is 0 Å². The third-order valence-electron chi connectivity index (χ3n) is 16.4. The zero-order valence-corrected chi connectivity index (χ0v) is 58.3. The Morgan fingerprint density at radius 1 is 0.333 bits per heavy atom. The van der Waals surface area contributed by atoms with Gasteiger partial charge in [-0.2, -0.15) is 0 Å². The van der Waals surface area contributed by atoms with Crippen LogP contribution in [0.2, 0.25) is 0 Å². The molecule has 0 spiro atoms. The Hall–Kier alpha value is -1.94. The van der Waals surface area contributed by atoms with Crippen molar-refractivity contribution in [1.82, 2.24) is 0 Å². The number of phosphoric ester groups is 2. The van der Waals surface area contributed by atoms with E-state index in [1.54, 1.807) is 0 Å². The molecule has 0 aromatic heterocycles. The summed E-state index contributed by atoms with van der Waals surface area (Å²) >= 11 is 0. The zero-order valence-electron chi connectivity index (χ0n) is 56.5. The monoisotopic (exact) mass is 1280 g/mol. The molecule has 0 amide bonds. The van der Waals surface area contributed by atoms with E-state index >= 15 is 0 Å². The van der Waals surface area contributed by atoms with Gasteiger partial charge in [0.1, 0.15) is 19.3 Å². The standard InChI is InChI=1S/C68H132O17P2/c1-8-11-12-13-14-15-16-17-18-19-20-28-37-44-51-67(72)84-63(55-78-65(70)49-42-35-27-23-21-25-33-40-47-60(6)9-2)57-82-86(74,75)80-53-62(69)54-81-87(76,77)83-58-64(56-79-66(71)50-43-36-31-30-32-39-46-59(4)5)85-68(73)52-45-38-29-24-22-26-34-41-48-61(7)10-3/h59-64,69H,8-58H2,1-7H3,(H,74,75)(H,76,77)/t60?,61?,62-,63-,64-/m1/s1. The lowest BCUT2D eigenvalue weighted by Crippen LogP contribution is -2.30. The molecule has 0 aliphatic heterocycles. The lowest BCUT2D eigenvalue weighted by molar-refractivity contribution is -0.161. The first-order valence-electron chi connectivity index (χ1n) is 35.4. The molecule has 0 aromatic carbocycles. The first-order chi connectivity index (χ1) is 41.8. The van der Waals surface area contributed by atoms with Crippen molar-refractivity contribution >= 4 is 39.5 Å². The lowest BCUT2D eigenvalue weighted by Gasteiger charge is -2.21. The molecule has 0 radical (unpaired) electrons. The fourth-order valence-electron chi connectivity index (χ4n) is 10.1. The average Bonchev–Trinajstić information content (AvgIpc) is 3.70. The molecule has 87 heavy (non-hydrogen) atoms. The minimum Gasteiger partial charge on any atom is -0.462 e. The third-order valence-corrected chi connectivity index (χ3v) is 18.3. The molecule has 19 heteroatoms. The minimum absolute atomic E-state index is 0.104. The highest BCUT2D eigenvalue weighted by atomic mass is 31.2. The topological polar surface area (TPSA) is 237 Å². The van der Waals surface area contributed by atoms with Crippen molar-refractivity contribution in [3.05, 3.63) is 0 Å². The molecule has 0 aliphatic rings. The lowest BCUT2D eigenvalue weighted by atomic mass is 9.99. The number of aliphatic hydroxyl groups excluding tert-OH is 1. The SMILES string of the molecule is CCCCCCCCCCCCCCCCC(=O)O[C@H](COC(=O)CCCCCCCCCCC(C)CC)COP(=O)(O)OC[C@@H](O)COP(=O)(O)OC[C@@H](COC(=O)CCCCCCCCC(C)C)OC(=O)CCCCCCCCCCC(C)CC. The number of aliphatic hydroxyl groups is 1. The second-order valence-corrected chi connectivity index (χ2v) is 28.4. The summed E-state index contributed by atoms with van der Waals surface area (Å²) in [5.41, 5.74) is 0. The van der Waals surface area contributed by atoms with Crippen LogP contribution >= 0.6 is 15.6 Å². The molecular formula is C68H132O17P2. The number of unbranched alkanes of at least 4 members (excludes halogenated alkanes) is 32. The van der Waals surface area contributed by atoms with Crippen molar-refractivity contribution in [2.75, 3.05) is 39.6 Å². The van der Waals surface area contributed by atoms with Gasteiger partial charge in [-0.15, -0.1) is 0 Å². The van der Waals surface area contributed by atoms with Gasteiger partial charge in [-0.1, -0.05) is 286 Å². The van der Waals surface area contributed by atoms with Crippen LogP contribution in [0.5, 0.6) is 0 Å². The number of rotatable bonds is 66. The van der Waals surface area contributed by atoms with Crippen molar-refractivity contribution in [3.8, 4) is 0 Å². The molecule has 0 aliphatic carbocycles. The first kappa shape index (κ1) is 85.1. The summed E-state index contributed by atoms with van der Waals surface area (Å²) in [6.45, 7) is 11.8. The van der Waals surface area contributed by atoms with Gasteiger partial charge in [-0.3, -0.25) is 37.3 Å². The van der Waals surface area contributed by atoms with Gasteiger partial charge in [0.05, 0.1) is 26.4 Å². The summed E-state index contributed by atoms with van der Waals surface area (Å²) in [5, 5.41) is 10.6. The normalized spacial score (nSPS) is 14.9. The zero-order chi connectivity index (χ0) is 64.5. The smallest absolute Gasteiger partial charge is 0.462 e. The summed E-state index contributed by atoms with van der Waals surface area (Å²) < 4.78 is 68.2. The summed E-state index contributed by atoms with van der Waals surface area (Å²) in [5.74, 6) is 0.0950. The van der Waals surface area contributed by atoms with Gasteiger partial charge in [-0.05, 0) is 43.4 Å². The van der Waals surface area contributed by atoms with E-state index in [1.807, 2.05) is 0 Å². The maximum absolute atomic E-state index is 13.0. The number of esters is 4. The fourth-order valence-corrected chi connectivity index (χ4v) is 11.7. The number of carbonyl (C=O) groups excluding carboxylic acids is 4. The number of hydrogen-bond donors (Lipinski definition) is 3. The second-order valence-electron chi connectivity index (χ2n) is 25.5. The number of phosphoric acid groups is 2. The molecule has 516 valence electrons. The molecule has 3 N–H and O–H groups in total. The van der Waals surface area contributed by atoms with Crippen LogP contribution in [0.15, 0.2) is 0 Å². The van der Waals surface area contributed by atoms with E-state index in [4.69, 9.17) is 37.0 Å². The molecule has 0 bridgehead atoms. The fraction of sp³-hybridized carbons (Fsp3) is 0.941. The van der Waals surface area contributed by atoms with Gasteiger partial charge in [0.15, 0.2) is 12.2 Å². The molecule has 0 rings (SSSR count). The van der Waals surface area contributed by atoms with Gasteiger partial charge >= 0.3 is 39.5 Å². The molecule has 7 atom stereocenters. The summed E-state index contributed by atoms with van der Waals surface area (Å²) in [6, 6.07) is 0. The van der Waals surface area contributed by atoms with Crippen LogP contribution in [-0.2, 0) is 65.4 Å². The van der Waals surface area contributed by atoms with Gasteiger partial charge in [0.2, 0.25) is 0 Å². The highest BCUT2D eigenvalue weighted by Gasteiger charge is 2.30. The predicted octanol–water partition coefficient (Wildman–Crippen LogP) is 19.1. The van der Waals surface area contributed by atoms with Crippen molar-refractivity contribution in [3.63, 3.8) is 0 Å². The first-order valence-corrected chi connectivity index (χ1v) is 38.4. The van der Waals surface area contributed by atoms with E-state index in [0.29, 0.717) is 31.6 Å². The Labute approximate surface area is 530 Å². The van der Waals surface area contributed by atoms with E-state index in [1.165, 1.54) is 141 Å². The molecule has 0 aromatic rings. The Bertz CT molecular complexity index is 1720. The molecule has 0 heterocycles. The highest BCUT2D eigenvalue weighted by molar-refractivity contribution is 7.47. The Morgan fingerprint density at radius 2 is 0.586 bits per heavy atom. The molecule has 4 unspecified atom stereocenters. The summed E-state index contributed by atoms with van der Waals surface area (Å²) in [7, 11) is -9.90. The van der Waals surface area contributed by atoms with E-state index in [2.05, 4.69) is 48.5 Å². The predicted molar refractivity (Wildman–Crippen MR) is 349 cm³/mol. The van der Waals surface area contributed by atoms with Crippen molar-refractivity contribution in [1.29, 1.82) is 0 Å². The number of ether oxygens (including phenoxy) is 4. The minimum atomic E-state index is -4.95. The van der Waals surface area contributed by atoms with Crippen molar-refractivity contribution in [2.45, 2.75) is 356 Å². The Morgan fingerprint density at radius 3 is 0.874 bits per heavy atom. The maximum atomic E-state index is 13.0. The second kappa shape index (κ2) is 59.1. The molecular weight excluding hydrogens is 1150 g/mol. The Balaban J connectivity index is 5.26. The van der Waals surface area contributed by atoms with Crippen LogP contribution < -0.4 is 0 Å². The van der Waals surface area contributed by atoms with E-state index in [0.717, 1.165) is 108 Å². The average molecular weight is 1280 g/mol. The van der Waals surface area contributed by atoms with E-state index in [-0.39, 0.29) is 25.7 Å². The van der Waals surface area contributed by atoms with Gasteiger partial charge < -0.3 is 33.8 Å². The molecule has 0 fully saturated rings. The van der Waals surface area contributed by atoms with Gasteiger partial charge in [-0.25, -0.2) is 9.13 Å². The summed E-state index contributed by atoms with van der Waals surface area (Å²) in [6.07, 6.45) is 41.7. The van der Waals surface area contributed by atoms with Gasteiger partial charge in [0.25, 0.3) is 0 Å². The van der Waals surface area contributed by atoms with Crippen LogP contribution in [0.1, 0.15) is 337 Å². The Kier molecular flexibility index (Phi) is 57.8. The van der Waals surface area contributed by atoms with E-state index in [9.17, 15) is 43.2 Å². The molecule has 17 nitrogen and oxygen atoms in total. The van der Waals surface area contributed by atoms with Crippen LogP contribution in [0, 0.1) is 17.8 Å². The van der Waals surface area contributed by atoms with E-state index < -0.39 is 97.5 Å². The summed E-state index contributed by atoms with van der Waals surface area (Å²) in [4.78, 5) is 72.4.